The van der Waals surface area contributed by atoms with Crippen LogP contribution >= 0.6 is 0 Å². The minimum Gasteiger partial charge on any atom is -0.464 e. The average molecular weight is 337 g/mol. The summed E-state index contributed by atoms with van der Waals surface area (Å²) in [6.45, 7) is 8.07. The van der Waals surface area contributed by atoms with Gasteiger partial charge in [-0.1, -0.05) is 17.7 Å². The molecule has 3 aromatic rings. The Bertz CT molecular complexity index is 993. The van der Waals surface area contributed by atoms with Crippen LogP contribution in [0.5, 0.6) is 0 Å². The third-order valence-electron chi connectivity index (χ3n) is 4.60. The standard InChI is InChI=1S/C20H23N3O2/c1-10-7-11(2)15(12(3)8-10)16-17-18(14(21)9-13(4)22-17)23(5)19(16)20(24)25-6/h7-9H,1-6H3,(H2,21,22). The zero-order valence-electron chi connectivity index (χ0n) is 15.5. The predicted octanol–water partition coefficient (Wildman–Crippen LogP) is 3.84. The van der Waals surface area contributed by atoms with Gasteiger partial charge in [0.2, 0.25) is 0 Å². The van der Waals surface area contributed by atoms with Crippen LogP contribution in [0.4, 0.5) is 5.69 Å². The molecule has 0 saturated heterocycles. The molecule has 2 N–H and O–H groups in total. The SMILES string of the molecule is COC(=O)c1c(-c2c(C)cc(C)cc2C)c2nc(C)cc(N)c2n1C. The Hall–Kier alpha value is -2.82. The maximum absolute atomic E-state index is 12.6. The van der Waals surface area contributed by atoms with E-state index in [0.717, 1.165) is 39.0 Å². The van der Waals surface area contributed by atoms with Crippen LogP contribution in [0.3, 0.4) is 0 Å². The summed E-state index contributed by atoms with van der Waals surface area (Å²) in [5, 5.41) is 0. The van der Waals surface area contributed by atoms with E-state index in [1.807, 2.05) is 33.9 Å². The van der Waals surface area contributed by atoms with Gasteiger partial charge in [-0.2, -0.15) is 0 Å². The Balaban J connectivity index is 2.56. The van der Waals surface area contributed by atoms with Gasteiger partial charge in [-0.15, -0.1) is 0 Å². The lowest BCUT2D eigenvalue weighted by Crippen LogP contribution is -2.10. The number of esters is 1. The number of carbonyl (C=O) groups excluding carboxylic acids is 1. The number of pyridine rings is 1. The first-order chi connectivity index (χ1) is 11.8. The molecule has 0 fully saturated rings. The maximum atomic E-state index is 12.6. The molecule has 2 heterocycles. The molecule has 130 valence electrons. The highest BCUT2D eigenvalue weighted by Crippen LogP contribution is 2.39. The van der Waals surface area contributed by atoms with E-state index in [4.69, 9.17) is 15.5 Å². The molecular formula is C20H23N3O2. The lowest BCUT2D eigenvalue weighted by molar-refractivity contribution is 0.0591. The quantitative estimate of drug-likeness (QED) is 0.721. The number of rotatable bonds is 2. The van der Waals surface area contributed by atoms with Crippen molar-refractivity contribution in [3.63, 3.8) is 0 Å². The summed E-state index contributed by atoms with van der Waals surface area (Å²) >= 11 is 0. The number of aromatic nitrogens is 2. The smallest absolute Gasteiger partial charge is 0.355 e. The van der Waals surface area contributed by atoms with Crippen molar-refractivity contribution < 1.29 is 9.53 Å². The third-order valence-corrected chi connectivity index (χ3v) is 4.60. The Morgan fingerprint density at radius 3 is 2.24 bits per heavy atom. The fourth-order valence-corrected chi connectivity index (χ4v) is 3.76. The first-order valence-corrected chi connectivity index (χ1v) is 8.18. The Kier molecular flexibility index (Phi) is 4.03. The normalized spacial score (nSPS) is 11.1. The van der Waals surface area contributed by atoms with E-state index >= 15 is 0 Å². The minimum atomic E-state index is -0.396. The number of nitrogens with zero attached hydrogens (tertiary/aromatic N) is 2. The molecular weight excluding hydrogens is 314 g/mol. The predicted molar refractivity (Wildman–Crippen MR) is 101 cm³/mol. The van der Waals surface area contributed by atoms with Gasteiger partial charge in [0.15, 0.2) is 0 Å². The van der Waals surface area contributed by atoms with Gasteiger partial charge in [0.05, 0.1) is 23.8 Å². The van der Waals surface area contributed by atoms with Crippen molar-refractivity contribution in [1.82, 2.24) is 9.55 Å². The summed E-state index contributed by atoms with van der Waals surface area (Å²) in [5.74, 6) is -0.396. The lowest BCUT2D eigenvalue weighted by atomic mass is 9.93. The summed E-state index contributed by atoms with van der Waals surface area (Å²) in [7, 11) is 3.21. The monoisotopic (exact) mass is 337 g/mol. The molecule has 0 aliphatic rings. The average Bonchev–Trinajstić information content (AvgIpc) is 2.78. The number of methoxy groups -OCH3 is 1. The van der Waals surface area contributed by atoms with Crippen LogP contribution in [-0.4, -0.2) is 22.6 Å². The van der Waals surface area contributed by atoms with Crippen LogP contribution < -0.4 is 5.73 Å². The number of carbonyl (C=O) groups is 1. The van der Waals surface area contributed by atoms with Crippen LogP contribution in [0, 0.1) is 27.7 Å². The van der Waals surface area contributed by atoms with E-state index in [1.54, 1.807) is 4.57 Å². The second-order valence-electron chi connectivity index (χ2n) is 6.60. The number of hydrogen-bond donors (Lipinski definition) is 1. The molecule has 0 atom stereocenters. The summed E-state index contributed by atoms with van der Waals surface area (Å²) in [5.41, 5.74) is 14.8. The maximum Gasteiger partial charge on any atom is 0.355 e. The van der Waals surface area contributed by atoms with Crippen LogP contribution in [0.1, 0.15) is 32.9 Å². The first-order valence-electron chi connectivity index (χ1n) is 8.18. The molecule has 0 aliphatic carbocycles. The highest BCUT2D eigenvalue weighted by Gasteiger charge is 2.27. The molecule has 25 heavy (non-hydrogen) atoms. The number of nitrogen functional groups attached to an aromatic ring is 1. The van der Waals surface area contributed by atoms with Gasteiger partial charge in [-0.05, 0) is 50.5 Å². The van der Waals surface area contributed by atoms with Gasteiger partial charge in [0.25, 0.3) is 0 Å². The van der Waals surface area contributed by atoms with Gasteiger partial charge in [-0.3, -0.25) is 4.98 Å². The van der Waals surface area contributed by atoms with Gasteiger partial charge in [0, 0.05) is 18.3 Å². The van der Waals surface area contributed by atoms with E-state index in [9.17, 15) is 4.79 Å². The summed E-state index contributed by atoms with van der Waals surface area (Å²) in [6, 6.07) is 6.05. The Labute approximate surface area is 147 Å². The van der Waals surface area contributed by atoms with Crippen molar-refractivity contribution in [2.24, 2.45) is 7.05 Å². The second kappa shape index (κ2) is 5.92. The number of aryl methyl sites for hydroxylation is 5. The molecule has 0 spiro atoms. The molecule has 0 unspecified atom stereocenters. The molecule has 0 amide bonds. The number of hydrogen-bond acceptors (Lipinski definition) is 4. The number of ether oxygens (including phenoxy) is 1. The van der Waals surface area contributed by atoms with Crippen molar-refractivity contribution >= 4 is 22.7 Å². The van der Waals surface area contributed by atoms with Crippen LogP contribution in [0.15, 0.2) is 18.2 Å². The molecule has 0 saturated carbocycles. The summed E-state index contributed by atoms with van der Waals surface area (Å²) in [6.07, 6.45) is 0. The van der Waals surface area contributed by atoms with Gasteiger partial charge >= 0.3 is 5.97 Å². The largest absolute Gasteiger partial charge is 0.464 e. The lowest BCUT2D eigenvalue weighted by Gasteiger charge is -2.13. The van der Waals surface area contributed by atoms with E-state index in [-0.39, 0.29) is 0 Å². The van der Waals surface area contributed by atoms with Gasteiger partial charge in [-0.25, -0.2) is 4.79 Å². The van der Waals surface area contributed by atoms with Crippen molar-refractivity contribution in [3.8, 4) is 11.1 Å². The topological polar surface area (TPSA) is 70.1 Å². The molecule has 2 aromatic heterocycles. The van der Waals surface area contributed by atoms with Crippen molar-refractivity contribution in [3.05, 3.63) is 46.3 Å². The highest BCUT2D eigenvalue weighted by molar-refractivity contribution is 6.10. The number of anilines is 1. The molecule has 1 aromatic carbocycles. The third kappa shape index (κ3) is 2.56. The Morgan fingerprint density at radius 1 is 1.08 bits per heavy atom. The summed E-state index contributed by atoms with van der Waals surface area (Å²) in [4.78, 5) is 17.3. The number of nitrogens with two attached hydrogens (primary N) is 1. The molecule has 0 aliphatic heterocycles. The minimum absolute atomic E-state index is 0.396. The van der Waals surface area contributed by atoms with Gasteiger partial charge < -0.3 is 15.0 Å². The van der Waals surface area contributed by atoms with E-state index in [0.29, 0.717) is 11.4 Å². The molecule has 5 heteroatoms. The second-order valence-corrected chi connectivity index (χ2v) is 6.60. The molecule has 5 nitrogen and oxygen atoms in total. The van der Waals surface area contributed by atoms with Gasteiger partial charge in [0.1, 0.15) is 5.69 Å². The first kappa shape index (κ1) is 17.0. The summed E-state index contributed by atoms with van der Waals surface area (Å²) < 4.78 is 6.84. The fraction of sp³-hybridized carbons (Fsp3) is 0.300. The number of fused-ring (bicyclic) bond motifs is 1. The van der Waals surface area contributed by atoms with E-state index in [2.05, 4.69) is 19.1 Å². The number of benzene rings is 1. The van der Waals surface area contributed by atoms with Crippen molar-refractivity contribution in [2.75, 3.05) is 12.8 Å². The van der Waals surface area contributed by atoms with E-state index < -0.39 is 5.97 Å². The molecule has 0 bridgehead atoms. The van der Waals surface area contributed by atoms with Crippen LogP contribution in [0.2, 0.25) is 0 Å². The van der Waals surface area contributed by atoms with Crippen LogP contribution in [0.25, 0.3) is 22.2 Å². The van der Waals surface area contributed by atoms with Crippen LogP contribution in [-0.2, 0) is 11.8 Å². The fourth-order valence-electron chi connectivity index (χ4n) is 3.76. The Morgan fingerprint density at radius 2 is 1.68 bits per heavy atom. The highest BCUT2D eigenvalue weighted by atomic mass is 16.5. The van der Waals surface area contributed by atoms with Crippen molar-refractivity contribution in [2.45, 2.75) is 27.7 Å². The zero-order chi connectivity index (χ0) is 18.5. The molecule has 0 radical (unpaired) electrons. The molecule has 3 rings (SSSR count). The van der Waals surface area contributed by atoms with Crippen molar-refractivity contribution in [1.29, 1.82) is 0 Å². The zero-order valence-corrected chi connectivity index (χ0v) is 15.5. The van der Waals surface area contributed by atoms with E-state index in [1.165, 1.54) is 12.7 Å².